The van der Waals surface area contributed by atoms with Crippen LogP contribution in [0, 0.1) is 10.1 Å². The maximum absolute atomic E-state index is 12.0. The SMILES string of the molecule is CC(C(=O)NCCCn1cc(Cl)cn1)n1cc([N+](=O)[O-])cn1. The van der Waals surface area contributed by atoms with E-state index in [-0.39, 0.29) is 11.6 Å². The molecule has 0 radical (unpaired) electrons. The molecule has 0 aliphatic heterocycles. The van der Waals surface area contributed by atoms with Crippen LogP contribution >= 0.6 is 11.6 Å². The van der Waals surface area contributed by atoms with E-state index in [1.165, 1.54) is 10.9 Å². The second-order valence-corrected chi connectivity index (χ2v) is 5.11. The third-order valence-electron chi connectivity index (χ3n) is 3.04. The fourth-order valence-corrected chi connectivity index (χ4v) is 1.97. The molecule has 1 atom stereocenters. The lowest BCUT2D eigenvalue weighted by molar-refractivity contribution is -0.385. The van der Waals surface area contributed by atoms with Gasteiger partial charge in [0.25, 0.3) is 0 Å². The van der Waals surface area contributed by atoms with Gasteiger partial charge in [0.05, 0.1) is 16.1 Å². The third-order valence-corrected chi connectivity index (χ3v) is 3.24. The predicted molar refractivity (Wildman–Crippen MR) is 78.5 cm³/mol. The Hall–Kier alpha value is -2.42. The van der Waals surface area contributed by atoms with Crippen LogP contribution in [0.5, 0.6) is 0 Å². The smallest absolute Gasteiger partial charge is 0.307 e. The summed E-state index contributed by atoms with van der Waals surface area (Å²) in [6.45, 7) is 2.72. The normalized spacial score (nSPS) is 12.1. The Labute approximate surface area is 131 Å². The number of hydrogen-bond acceptors (Lipinski definition) is 5. The minimum Gasteiger partial charge on any atom is -0.354 e. The van der Waals surface area contributed by atoms with Crippen molar-refractivity contribution in [3.63, 3.8) is 0 Å². The van der Waals surface area contributed by atoms with E-state index in [1.807, 2.05) is 0 Å². The fourth-order valence-electron chi connectivity index (χ4n) is 1.82. The van der Waals surface area contributed by atoms with Gasteiger partial charge in [-0.3, -0.25) is 24.3 Å². The highest BCUT2D eigenvalue weighted by Crippen LogP contribution is 2.12. The summed E-state index contributed by atoms with van der Waals surface area (Å²) in [5.41, 5.74) is -0.143. The van der Waals surface area contributed by atoms with E-state index in [0.29, 0.717) is 24.5 Å². The maximum Gasteiger partial charge on any atom is 0.307 e. The molecule has 0 fully saturated rings. The predicted octanol–water partition coefficient (Wildman–Crippen LogP) is 1.41. The molecule has 2 heterocycles. The van der Waals surface area contributed by atoms with E-state index < -0.39 is 11.0 Å². The van der Waals surface area contributed by atoms with Crippen molar-refractivity contribution in [3.8, 4) is 0 Å². The van der Waals surface area contributed by atoms with E-state index in [4.69, 9.17) is 11.6 Å². The molecule has 9 nitrogen and oxygen atoms in total. The van der Waals surface area contributed by atoms with Crippen LogP contribution < -0.4 is 5.32 Å². The standard InChI is InChI=1S/C12H15ClN6O3/c1-9(18-8-11(6-16-18)19(21)22)12(20)14-3-2-4-17-7-10(13)5-15-17/h5-9H,2-4H2,1H3,(H,14,20). The van der Waals surface area contributed by atoms with Gasteiger partial charge in [-0.05, 0) is 13.3 Å². The highest BCUT2D eigenvalue weighted by atomic mass is 35.5. The molecule has 0 aromatic carbocycles. The minimum atomic E-state index is -0.618. The number of aryl methyl sites for hydroxylation is 1. The Morgan fingerprint density at radius 2 is 2.23 bits per heavy atom. The first-order chi connectivity index (χ1) is 10.5. The van der Waals surface area contributed by atoms with Gasteiger partial charge in [0.15, 0.2) is 0 Å². The molecule has 1 N–H and O–H groups in total. The molecule has 0 bridgehead atoms. The van der Waals surface area contributed by atoms with E-state index in [0.717, 1.165) is 6.20 Å². The zero-order valence-corrected chi connectivity index (χ0v) is 12.6. The van der Waals surface area contributed by atoms with Crippen LogP contribution in [0.25, 0.3) is 0 Å². The Bertz CT molecular complexity index is 667. The molecular formula is C12H15ClN6O3. The van der Waals surface area contributed by atoms with Gasteiger partial charge >= 0.3 is 5.69 Å². The second kappa shape index (κ2) is 7.03. The highest BCUT2D eigenvalue weighted by Gasteiger charge is 2.18. The number of halogens is 1. The van der Waals surface area contributed by atoms with Gasteiger partial charge in [-0.15, -0.1) is 0 Å². The Balaban J connectivity index is 1.77. The largest absolute Gasteiger partial charge is 0.354 e. The van der Waals surface area contributed by atoms with Crippen molar-refractivity contribution < 1.29 is 9.72 Å². The summed E-state index contributed by atoms with van der Waals surface area (Å²) in [5.74, 6) is -0.253. The molecular weight excluding hydrogens is 312 g/mol. The quantitative estimate of drug-likeness (QED) is 0.470. The molecule has 2 aromatic rings. The number of carbonyl (C=O) groups is 1. The number of hydrogen-bond donors (Lipinski definition) is 1. The molecule has 0 aliphatic carbocycles. The maximum atomic E-state index is 12.0. The molecule has 0 saturated carbocycles. The number of nitrogens with zero attached hydrogens (tertiary/aromatic N) is 5. The summed E-state index contributed by atoms with van der Waals surface area (Å²) >= 11 is 5.75. The average Bonchev–Trinajstić information content (AvgIpc) is 3.11. The lowest BCUT2D eigenvalue weighted by Crippen LogP contribution is -2.32. The van der Waals surface area contributed by atoms with Crippen LogP contribution in [0.4, 0.5) is 5.69 Å². The van der Waals surface area contributed by atoms with E-state index in [9.17, 15) is 14.9 Å². The molecule has 1 unspecified atom stereocenters. The highest BCUT2D eigenvalue weighted by molar-refractivity contribution is 6.30. The molecule has 2 aromatic heterocycles. The summed E-state index contributed by atoms with van der Waals surface area (Å²) in [6.07, 6.45) is 6.29. The second-order valence-electron chi connectivity index (χ2n) is 4.68. The first kappa shape index (κ1) is 16.0. The molecule has 0 aliphatic rings. The number of aromatic nitrogens is 4. The van der Waals surface area contributed by atoms with Crippen molar-refractivity contribution in [1.82, 2.24) is 24.9 Å². The van der Waals surface area contributed by atoms with Gasteiger partial charge in [-0.2, -0.15) is 10.2 Å². The number of carbonyl (C=O) groups excluding carboxylic acids is 1. The first-order valence-electron chi connectivity index (χ1n) is 6.61. The van der Waals surface area contributed by atoms with Gasteiger partial charge in [0.2, 0.25) is 5.91 Å². The summed E-state index contributed by atoms with van der Waals surface area (Å²) in [5, 5.41) is 21.8. The molecule has 10 heteroatoms. The topological polar surface area (TPSA) is 108 Å². The van der Waals surface area contributed by atoms with Crippen LogP contribution in [0.15, 0.2) is 24.8 Å². The van der Waals surface area contributed by atoms with Crippen LogP contribution in [-0.2, 0) is 11.3 Å². The van der Waals surface area contributed by atoms with Crippen LogP contribution in [0.3, 0.4) is 0 Å². The van der Waals surface area contributed by atoms with Crippen molar-refractivity contribution >= 4 is 23.2 Å². The Morgan fingerprint density at radius 3 is 2.82 bits per heavy atom. The number of amides is 1. The van der Waals surface area contributed by atoms with E-state index >= 15 is 0 Å². The number of nitrogens with one attached hydrogen (secondary N) is 1. The molecule has 0 spiro atoms. The lowest BCUT2D eigenvalue weighted by atomic mass is 10.3. The van der Waals surface area contributed by atoms with E-state index in [2.05, 4.69) is 15.5 Å². The third kappa shape index (κ3) is 4.04. The van der Waals surface area contributed by atoms with Crippen molar-refractivity contribution in [2.75, 3.05) is 6.54 Å². The van der Waals surface area contributed by atoms with E-state index in [1.54, 1.807) is 24.0 Å². The molecule has 2 rings (SSSR count). The summed E-state index contributed by atoms with van der Waals surface area (Å²) in [4.78, 5) is 22.0. The van der Waals surface area contributed by atoms with Crippen molar-refractivity contribution in [2.45, 2.75) is 25.9 Å². The average molecular weight is 327 g/mol. The van der Waals surface area contributed by atoms with Crippen LogP contribution in [0.2, 0.25) is 5.02 Å². The fraction of sp³-hybridized carbons (Fsp3) is 0.417. The van der Waals surface area contributed by atoms with Gasteiger partial charge in [-0.25, -0.2) is 0 Å². The summed E-state index contributed by atoms with van der Waals surface area (Å²) in [7, 11) is 0. The van der Waals surface area contributed by atoms with Crippen LogP contribution in [-0.4, -0.2) is 36.9 Å². The zero-order chi connectivity index (χ0) is 16.1. The van der Waals surface area contributed by atoms with Gasteiger partial charge in [-0.1, -0.05) is 11.6 Å². The Kier molecular flexibility index (Phi) is 5.10. The Morgan fingerprint density at radius 1 is 1.45 bits per heavy atom. The molecule has 0 saturated heterocycles. The monoisotopic (exact) mass is 326 g/mol. The molecule has 22 heavy (non-hydrogen) atoms. The number of nitro groups is 1. The van der Waals surface area contributed by atoms with Gasteiger partial charge in [0, 0.05) is 19.3 Å². The van der Waals surface area contributed by atoms with Gasteiger partial charge < -0.3 is 5.32 Å². The van der Waals surface area contributed by atoms with Crippen LogP contribution in [0.1, 0.15) is 19.4 Å². The van der Waals surface area contributed by atoms with Crippen molar-refractivity contribution in [3.05, 3.63) is 39.9 Å². The zero-order valence-electron chi connectivity index (χ0n) is 11.8. The van der Waals surface area contributed by atoms with Crippen molar-refractivity contribution in [1.29, 1.82) is 0 Å². The van der Waals surface area contributed by atoms with Gasteiger partial charge in [0.1, 0.15) is 18.4 Å². The molecule has 1 amide bonds. The van der Waals surface area contributed by atoms with Crippen molar-refractivity contribution in [2.24, 2.45) is 0 Å². The number of rotatable bonds is 7. The summed E-state index contributed by atoms with van der Waals surface area (Å²) < 4.78 is 2.95. The minimum absolute atomic E-state index is 0.143. The first-order valence-corrected chi connectivity index (χ1v) is 6.99. The molecule has 118 valence electrons. The lowest BCUT2D eigenvalue weighted by Gasteiger charge is -2.12. The summed E-state index contributed by atoms with van der Waals surface area (Å²) in [6, 6.07) is -0.618.